The van der Waals surface area contributed by atoms with E-state index in [-0.39, 0.29) is 0 Å². The second kappa shape index (κ2) is 1.69. The van der Waals surface area contributed by atoms with Gasteiger partial charge in [0.05, 0.1) is 0 Å². The van der Waals surface area contributed by atoms with E-state index in [4.69, 9.17) is 0 Å². The van der Waals surface area contributed by atoms with Crippen molar-refractivity contribution < 1.29 is 4.79 Å². The molecule has 0 aromatic carbocycles. The highest BCUT2D eigenvalue weighted by atomic mass is 16.1. The van der Waals surface area contributed by atoms with Crippen LogP contribution in [-0.2, 0) is 4.79 Å². The fourth-order valence-corrected chi connectivity index (χ4v) is 1.41. The zero-order valence-corrected chi connectivity index (χ0v) is 5.39. The normalized spacial score (nSPS) is 26.7. The third kappa shape index (κ3) is 0.805. The van der Waals surface area contributed by atoms with E-state index in [2.05, 4.69) is 6.08 Å². The van der Waals surface area contributed by atoms with Crippen molar-refractivity contribution in [3.63, 3.8) is 0 Å². The van der Waals surface area contributed by atoms with Crippen LogP contribution >= 0.6 is 0 Å². The lowest BCUT2D eigenvalue weighted by atomic mass is 10.1. The Labute approximate surface area is 54.8 Å². The maximum absolute atomic E-state index is 11.0. The number of allylic oxidation sites excluding steroid dienone is 2. The minimum atomic E-state index is 0.414. The molecule has 0 aliphatic heterocycles. The highest BCUT2D eigenvalue weighted by Crippen LogP contribution is 2.39. The summed E-state index contributed by atoms with van der Waals surface area (Å²) in [7, 11) is 0. The van der Waals surface area contributed by atoms with Gasteiger partial charge < -0.3 is 0 Å². The quantitative estimate of drug-likeness (QED) is 0.517. The molecule has 0 radical (unpaired) electrons. The molecule has 0 bridgehead atoms. The first kappa shape index (κ1) is 5.21. The van der Waals surface area contributed by atoms with E-state index in [1.165, 1.54) is 12.8 Å². The molecule has 2 aliphatic carbocycles. The second-order valence-electron chi connectivity index (χ2n) is 2.90. The minimum absolute atomic E-state index is 0.414. The van der Waals surface area contributed by atoms with Crippen LogP contribution in [0.25, 0.3) is 0 Å². The molecule has 0 aromatic rings. The molecule has 1 nitrogen and oxygen atoms in total. The van der Waals surface area contributed by atoms with Crippen LogP contribution in [0.4, 0.5) is 0 Å². The van der Waals surface area contributed by atoms with Crippen LogP contribution in [0.2, 0.25) is 0 Å². The van der Waals surface area contributed by atoms with E-state index in [0.29, 0.717) is 11.7 Å². The van der Waals surface area contributed by atoms with Crippen LogP contribution < -0.4 is 0 Å². The van der Waals surface area contributed by atoms with E-state index in [1.807, 2.05) is 0 Å². The third-order valence-electron chi connectivity index (χ3n) is 2.07. The average Bonchev–Trinajstić information content (AvgIpc) is 2.58. The summed E-state index contributed by atoms with van der Waals surface area (Å²) in [5.41, 5.74) is 1.15. The van der Waals surface area contributed by atoms with Gasteiger partial charge in [0.15, 0.2) is 5.78 Å². The average molecular weight is 122 g/mol. The Morgan fingerprint density at radius 2 is 2.22 bits per heavy atom. The molecule has 9 heavy (non-hydrogen) atoms. The van der Waals surface area contributed by atoms with Gasteiger partial charge in [-0.3, -0.25) is 4.79 Å². The zero-order chi connectivity index (χ0) is 6.27. The number of hydrogen-bond acceptors (Lipinski definition) is 1. The summed E-state index contributed by atoms with van der Waals surface area (Å²) >= 11 is 0. The van der Waals surface area contributed by atoms with Crippen molar-refractivity contribution in [2.24, 2.45) is 5.92 Å². The Morgan fingerprint density at radius 3 is 2.67 bits per heavy atom. The molecule has 1 heteroatoms. The van der Waals surface area contributed by atoms with Gasteiger partial charge in [0, 0.05) is 6.42 Å². The highest BCUT2D eigenvalue weighted by Gasteiger charge is 2.31. The minimum Gasteiger partial charge on any atom is -0.295 e. The first-order chi connectivity index (χ1) is 4.38. The molecular formula is C8H10O. The lowest BCUT2D eigenvalue weighted by Crippen LogP contribution is -1.96. The molecule has 2 aliphatic rings. The summed E-state index contributed by atoms with van der Waals surface area (Å²) in [4.78, 5) is 11.0. The maximum atomic E-state index is 11.0. The first-order valence-electron chi connectivity index (χ1n) is 3.61. The van der Waals surface area contributed by atoms with E-state index in [0.717, 1.165) is 18.4 Å². The van der Waals surface area contributed by atoms with E-state index in [9.17, 15) is 4.79 Å². The number of Topliss-reactive ketones (excluding diaryl/α,β-unsaturated/α-hetero) is 1. The molecule has 2 rings (SSSR count). The molecule has 0 spiro atoms. The molecule has 0 amide bonds. The molecule has 0 atom stereocenters. The van der Waals surface area contributed by atoms with Crippen molar-refractivity contribution in [2.45, 2.75) is 25.7 Å². The Balaban J connectivity index is 2.16. The molecular weight excluding hydrogens is 112 g/mol. The smallest absolute Gasteiger partial charge is 0.159 e. The first-order valence-corrected chi connectivity index (χ1v) is 3.61. The molecule has 1 saturated carbocycles. The van der Waals surface area contributed by atoms with Gasteiger partial charge in [0.2, 0.25) is 0 Å². The number of carbonyl (C=O) groups excluding carboxylic acids is 1. The number of carbonyl (C=O) groups is 1. The van der Waals surface area contributed by atoms with Crippen LogP contribution in [0, 0.1) is 5.92 Å². The summed E-state index contributed by atoms with van der Waals surface area (Å²) < 4.78 is 0. The SMILES string of the molecule is O=C1CCC=C1C1CC1. The van der Waals surface area contributed by atoms with Gasteiger partial charge in [-0.25, -0.2) is 0 Å². The number of rotatable bonds is 1. The number of hydrogen-bond donors (Lipinski definition) is 0. The summed E-state index contributed by atoms with van der Waals surface area (Å²) in [6.07, 6.45) is 6.44. The van der Waals surface area contributed by atoms with E-state index in [1.54, 1.807) is 0 Å². The fraction of sp³-hybridized carbons (Fsp3) is 0.625. The topological polar surface area (TPSA) is 17.1 Å². The van der Waals surface area contributed by atoms with Gasteiger partial charge in [-0.2, -0.15) is 0 Å². The Bertz CT molecular complexity index is 175. The van der Waals surface area contributed by atoms with Crippen LogP contribution in [0.15, 0.2) is 11.6 Å². The van der Waals surface area contributed by atoms with Crippen molar-refractivity contribution >= 4 is 5.78 Å². The van der Waals surface area contributed by atoms with Gasteiger partial charge in [0.1, 0.15) is 0 Å². The lowest BCUT2D eigenvalue weighted by molar-refractivity contribution is -0.115. The zero-order valence-electron chi connectivity index (χ0n) is 5.39. The molecule has 0 heterocycles. The van der Waals surface area contributed by atoms with Crippen LogP contribution in [0.3, 0.4) is 0 Å². The second-order valence-corrected chi connectivity index (χ2v) is 2.90. The van der Waals surface area contributed by atoms with Crippen LogP contribution in [-0.4, -0.2) is 5.78 Å². The molecule has 0 saturated heterocycles. The molecule has 0 aromatic heterocycles. The fourth-order valence-electron chi connectivity index (χ4n) is 1.41. The molecule has 48 valence electrons. The Hall–Kier alpha value is -0.590. The molecule has 0 unspecified atom stereocenters. The predicted molar refractivity (Wildman–Crippen MR) is 35.0 cm³/mol. The molecule has 0 N–H and O–H groups in total. The van der Waals surface area contributed by atoms with Gasteiger partial charge in [-0.15, -0.1) is 0 Å². The van der Waals surface area contributed by atoms with Crippen molar-refractivity contribution in [1.82, 2.24) is 0 Å². The van der Waals surface area contributed by atoms with Crippen molar-refractivity contribution in [3.05, 3.63) is 11.6 Å². The third-order valence-corrected chi connectivity index (χ3v) is 2.07. The van der Waals surface area contributed by atoms with Crippen molar-refractivity contribution in [1.29, 1.82) is 0 Å². The summed E-state index contributed by atoms with van der Waals surface area (Å²) in [5.74, 6) is 1.09. The van der Waals surface area contributed by atoms with Crippen LogP contribution in [0.1, 0.15) is 25.7 Å². The Kier molecular flexibility index (Phi) is 0.981. The highest BCUT2D eigenvalue weighted by molar-refractivity contribution is 5.98. The predicted octanol–water partition coefficient (Wildman–Crippen LogP) is 1.69. The van der Waals surface area contributed by atoms with E-state index < -0.39 is 0 Å². The standard InChI is InChI=1S/C8H10O/c9-8-3-1-2-7(8)6-4-5-6/h2,6H,1,3-5H2. The van der Waals surface area contributed by atoms with Gasteiger partial charge in [-0.1, -0.05) is 6.08 Å². The lowest BCUT2D eigenvalue weighted by Gasteiger charge is -1.91. The monoisotopic (exact) mass is 122 g/mol. The number of ketones is 1. The van der Waals surface area contributed by atoms with Gasteiger partial charge >= 0.3 is 0 Å². The van der Waals surface area contributed by atoms with Gasteiger partial charge in [-0.05, 0) is 30.8 Å². The van der Waals surface area contributed by atoms with E-state index >= 15 is 0 Å². The Morgan fingerprint density at radius 1 is 1.44 bits per heavy atom. The van der Waals surface area contributed by atoms with Crippen molar-refractivity contribution in [2.75, 3.05) is 0 Å². The van der Waals surface area contributed by atoms with Gasteiger partial charge in [0.25, 0.3) is 0 Å². The van der Waals surface area contributed by atoms with Crippen LogP contribution in [0.5, 0.6) is 0 Å². The van der Waals surface area contributed by atoms with Crippen molar-refractivity contribution in [3.8, 4) is 0 Å². The summed E-state index contributed by atoms with van der Waals surface area (Å²) in [6, 6.07) is 0. The summed E-state index contributed by atoms with van der Waals surface area (Å²) in [5, 5.41) is 0. The molecule has 1 fully saturated rings. The largest absolute Gasteiger partial charge is 0.295 e. The maximum Gasteiger partial charge on any atom is 0.159 e. The summed E-state index contributed by atoms with van der Waals surface area (Å²) in [6.45, 7) is 0.